The monoisotopic (exact) mass is 375 g/mol. The number of carbonyl (C=O) groups excluding carboxylic acids is 1. The maximum atomic E-state index is 12.4. The highest BCUT2D eigenvalue weighted by atomic mass is 35.5. The van der Waals surface area contributed by atoms with Gasteiger partial charge in [0.25, 0.3) is 0 Å². The molecule has 140 valence electrons. The number of amides is 1. The summed E-state index contributed by atoms with van der Waals surface area (Å²) in [6.45, 7) is 4.37. The van der Waals surface area contributed by atoms with E-state index in [0.717, 1.165) is 18.8 Å². The quantitative estimate of drug-likeness (QED) is 0.775. The van der Waals surface area contributed by atoms with Gasteiger partial charge in [0.2, 0.25) is 5.91 Å². The fourth-order valence-electron chi connectivity index (χ4n) is 4.49. The van der Waals surface area contributed by atoms with E-state index < -0.39 is 0 Å². The van der Waals surface area contributed by atoms with Gasteiger partial charge >= 0.3 is 0 Å². The molecule has 6 heteroatoms. The number of halogens is 1. The SMILES string of the molecule is Cl.O=C(CC1CSCCN1)NCC1(N2CCCCC2)CCCCC1. The first kappa shape index (κ1) is 20.3. The molecule has 2 N–H and O–H groups in total. The van der Waals surface area contributed by atoms with E-state index in [4.69, 9.17) is 0 Å². The smallest absolute Gasteiger partial charge is 0.221 e. The fourth-order valence-corrected chi connectivity index (χ4v) is 5.44. The van der Waals surface area contributed by atoms with Crippen molar-refractivity contribution in [3.63, 3.8) is 0 Å². The molecule has 4 nitrogen and oxygen atoms in total. The summed E-state index contributed by atoms with van der Waals surface area (Å²) in [5, 5.41) is 6.78. The van der Waals surface area contributed by atoms with Crippen molar-refractivity contribution in [2.24, 2.45) is 0 Å². The van der Waals surface area contributed by atoms with Crippen LogP contribution in [0.3, 0.4) is 0 Å². The Morgan fingerprint density at radius 3 is 2.50 bits per heavy atom. The van der Waals surface area contributed by atoms with E-state index in [-0.39, 0.29) is 23.9 Å². The van der Waals surface area contributed by atoms with E-state index in [1.807, 2.05) is 11.8 Å². The second-order valence-corrected chi connectivity index (χ2v) is 8.69. The molecule has 2 heterocycles. The predicted molar refractivity (Wildman–Crippen MR) is 105 cm³/mol. The van der Waals surface area contributed by atoms with Crippen molar-refractivity contribution in [3.8, 4) is 0 Å². The van der Waals surface area contributed by atoms with Gasteiger partial charge in [0.1, 0.15) is 0 Å². The summed E-state index contributed by atoms with van der Waals surface area (Å²) < 4.78 is 0. The zero-order valence-electron chi connectivity index (χ0n) is 14.9. The molecule has 1 unspecified atom stereocenters. The van der Waals surface area contributed by atoms with Crippen molar-refractivity contribution in [1.82, 2.24) is 15.5 Å². The van der Waals surface area contributed by atoms with Gasteiger partial charge in [-0.15, -0.1) is 12.4 Å². The van der Waals surface area contributed by atoms with Crippen LogP contribution in [0.5, 0.6) is 0 Å². The summed E-state index contributed by atoms with van der Waals surface area (Å²) in [7, 11) is 0. The minimum Gasteiger partial charge on any atom is -0.354 e. The van der Waals surface area contributed by atoms with Crippen LogP contribution in [0.15, 0.2) is 0 Å². The summed E-state index contributed by atoms with van der Waals surface area (Å²) >= 11 is 1.96. The second-order valence-electron chi connectivity index (χ2n) is 7.54. The second kappa shape index (κ2) is 10.2. The molecule has 3 aliphatic rings. The summed E-state index contributed by atoms with van der Waals surface area (Å²) in [5.74, 6) is 2.49. The standard InChI is InChI=1S/C18H33N3OS.ClH/c22-17(13-16-14-23-12-9-19-16)20-15-18(7-3-1-4-8-18)21-10-5-2-6-11-21;/h16,19H,1-15H2,(H,20,22);1H. The highest BCUT2D eigenvalue weighted by Crippen LogP contribution is 2.35. The van der Waals surface area contributed by atoms with Crippen LogP contribution in [0.2, 0.25) is 0 Å². The third-order valence-electron chi connectivity index (χ3n) is 5.86. The highest BCUT2D eigenvalue weighted by Gasteiger charge is 2.38. The first-order valence-electron chi connectivity index (χ1n) is 9.61. The Balaban J connectivity index is 0.00000208. The molecule has 3 fully saturated rings. The largest absolute Gasteiger partial charge is 0.354 e. The molecule has 3 rings (SSSR count). The van der Waals surface area contributed by atoms with Gasteiger partial charge < -0.3 is 10.6 Å². The van der Waals surface area contributed by atoms with Crippen LogP contribution < -0.4 is 10.6 Å². The van der Waals surface area contributed by atoms with Gasteiger partial charge in [-0.2, -0.15) is 11.8 Å². The van der Waals surface area contributed by atoms with E-state index in [2.05, 4.69) is 15.5 Å². The Morgan fingerprint density at radius 1 is 1.12 bits per heavy atom. The Morgan fingerprint density at radius 2 is 1.83 bits per heavy atom. The van der Waals surface area contributed by atoms with Gasteiger partial charge in [-0.1, -0.05) is 25.7 Å². The van der Waals surface area contributed by atoms with Crippen LogP contribution >= 0.6 is 24.2 Å². The molecule has 0 aromatic heterocycles. The molecular formula is C18H34ClN3OS. The lowest BCUT2D eigenvalue weighted by Crippen LogP contribution is -2.58. The molecule has 1 saturated carbocycles. The molecule has 1 atom stereocenters. The van der Waals surface area contributed by atoms with E-state index >= 15 is 0 Å². The number of hydrogen-bond donors (Lipinski definition) is 2. The van der Waals surface area contributed by atoms with Crippen molar-refractivity contribution in [3.05, 3.63) is 0 Å². The zero-order chi connectivity index (χ0) is 16.0. The average molecular weight is 376 g/mol. The predicted octanol–water partition coefficient (Wildman–Crippen LogP) is 2.81. The summed E-state index contributed by atoms with van der Waals surface area (Å²) in [4.78, 5) is 15.1. The molecule has 1 amide bonds. The van der Waals surface area contributed by atoms with Gasteiger partial charge in [-0.3, -0.25) is 9.69 Å². The maximum Gasteiger partial charge on any atom is 0.221 e. The van der Waals surface area contributed by atoms with Crippen molar-refractivity contribution in [2.45, 2.75) is 69.4 Å². The third-order valence-corrected chi connectivity index (χ3v) is 6.99. The van der Waals surface area contributed by atoms with Crippen molar-refractivity contribution in [2.75, 3.05) is 37.7 Å². The van der Waals surface area contributed by atoms with Crippen LogP contribution in [0.4, 0.5) is 0 Å². The molecule has 2 aliphatic heterocycles. The number of hydrogen-bond acceptors (Lipinski definition) is 4. The van der Waals surface area contributed by atoms with E-state index in [1.165, 1.54) is 70.2 Å². The summed E-state index contributed by atoms with van der Waals surface area (Å²) in [5.41, 5.74) is 0.253. The Hall–Kier alpha value is 0.0300. The molecule has 0 bridgehead atoms. The van der Waals surface area contributed by atoms with Crippen LogP contribution in [0, 0.1) is 0 Å². The lowest BCUT2D eigenvalue weighted by Gasteiger charge is -2.48. The van der Waals surface area contributed by atoms with Crippen LogP contribution in [0.1, 0.15) is 57.8 Å². The number of nitrogens with one attached hydrogen (secondary N) is 2. The minimum atomic E-state index is 0. The number of piperidine rings is 1. The summed E-state index contributed by atoms with van der Waals surface area (Å²) in [6, 6.07) is 0.367. The van der Waals surface area contributed by atoms with Crippen LogP contribution in [-0.4, -0.2) is 60.1 Å². The maximum absolute atomic E-state index is 12.4. The van der Waals surface area contributed by atoms with Gasteiger partial charge in [-0.25, -0.2) is 0 Å². The number of nitrogens with zero attached hydrogens (tertiary/aromatic N) is 1. The first-order chi connectivity index (χ1) is 11.3. The fraction of sp³-hybridized carbons (Fsp3) is 0.944. The number of rotatable bonds is 5. The highest BCUT2D eigenvalue weighted by molar-refractivity contribution is 7.99. The van der Waals surface area contributed by atoms with E-state index in [9.17, 15) is 4.79 Å². The van der Waals surface area contributed by atoms with Crippen molar-refractivity contribution in [1.29, 1.82) is 0 Å². The zero-order valence-corrected chi connectivity index (χ0v) is 16.5. The Bertz CT molecular complexity index is 378. The molecule has 0 aromatic carbocycles. The van der Waals surface area contributed by atoms with E-state index in [0.29, 0.717) is 12.5 Å². The lowest BCUT2D eigenvalue weighted by atomic mass is 9.79. The van der Waals surface area contributed by atoms with Gasteiger partial charge in [-0.05, 0) is 38.8 Å². The van der Waals surface area contributed by atoms with Crippen molar-refractivity contribution < 1.29 is 4.79 Å². The first-order valence-corrected chi connectivity index (χ1v) is 10.8. The van der Waals surface area contributed by atoms with Crippen LogP contribution in [-0.2, 0) is 4.79 Å². The average Bonchev–Trinajstić information content (AvgIpc) is 2.62. The van der Waals surface area contributed by atoms with Gasteiger partial charge in [0.05, 0.1) is 0 Å². The lowest BCUT2D eigenvalue weighted by molar-refractivity contribution is -0.122. The number of carbonyl (C=O) groups is 1. The number of thioether (sulfide) groups is 1. The Labute approximate surface area is 157 Å². The molecular weight excluding hydrogens is 342 g/mol. The molecule has 0 aromatic rings. The number of likely N-dealkylation sites (tertiary alicyclic amines) is 1. The topological polar surface area (TPSA) is 44.4 Å². The van der Waals surface area contributed by atoms with E-state index in [1.54, 1.807) is 0 Å². The summed E-state index contributed by atoms with van der Waals surface area (Å²) in [6.07, 6.45) is 11.2. The van der Waals surface area contributed by atoms with Gasteiger partial charge in [0, 0.05) is 42.6 Å². The minimum absolute atomic E-state index is 0. The molecule has 2 saturated heterocycles. The molecule has 0 spiro atoms. The third kappa shape index (κ3) is 5.52. The molecule has 1 aliphatic carbocycles. The Kier molecular flexibility index (Phi) is 8.68. The normalized spacial score (nSPS) is 27.9. The van der Waals surface area contributed by atoms with Crippen molar-refractivity contribution >= 4 is 30.1 Å². The molecule has 0 radical (unpaired) electrons. The molecule has 24 heavy (non-hydrogen) atoms. The van der Waals surface area contributed by atoms with Gasteiger partial charge in [0.15, 0.2) is 0 Å². The van der Waals surface area contributed by atoms with Crippen LogP contribution in [0.25, 0.3) is 0 Å².